The molecular formula is C15H19N3O2. The molecule has 5 nitrogen and oxygen atoms in total. The van der Waals surface area contributed by atoms with Crippen LogP contribution in [0.4, 0.5) is 5.69 Å². The molecule has 0 radical (unpaired) electrons. The van der Waals surface area contributed by atoms with Crippen LogP contribution in [0.2, 0.25) is 0 Å². The summed E-state index contributed by atoms with van der Waals surface area (Å²) in [7, 11) is 0. The molecule has 0 saturated heterocycles. The van der Waals surface area contributed by atoms with Gasteiger partial charge in [0.05, 0.1) is 17.0 Å². The van der Waals surface area contributed by atoms with Crippen LogP contribution in [0.3, 0.4) is 0 Å². The summed E-state index contributed by atoms with van der Waals surface area (Å²) in [4.78, 5) is 12.1. The zero-order chi connectivity index (χ0) is 14.7. The Hall–Kier alpha value is -2.30. The van der Waals surface area contributed by atoms with E-state index >= 15 is 0 Å². The second-order valence-corrected chi connectivity index (χ2v) is 4.74. The average Bonchev–Trinajstić information content (AvgIpc) is 2.76. The van der Waals surface area contributed by atoms with Crippen LogP contribution >= 0.6 is 0 Å². The smallest absolute Gasteiger partial charge is 0.338 e. The molecule has 0 spiro atoms. The molecule has 1 aromatic carbocycles. The van der Waals surface area contributed by atoms with Gasteiger partial charge in [-0.1, -0.05) is 0 Å². The second-order valence-electron chi connectivity index (χ2n) is 4.74. The van der Waals surface area contributed by atoms with Gasteiger partial charge in [0.2, 0.25) is 0 Å². The molecule has 106 valence electrons. The van der Waals surface area contributed by atoms with Gasteiger partial charge >= 0.3 is 5.97 Å². The highest BCUT2D eigenvalue weighted by Crippen LogP contribution is 2.15. The molecule has 0 saturated carbocycles. The first-order valence-corrected chi connectivity index (χ1v) is 6.58. The number of nitrogens with zero attached hydrogens (tertiary/aromatic N) is 2. The van der Waals surface area contributed by atoms with Crippen molar-refractivity contribution in [3.05, 3.63) is 46.8 Å². The molecule has 0 aliphatic heterocycles. The minimum absolute atomic E-state index is 0.220. The Morgan fingerprint density at radius 3 is 2.75 bits per heavy atom. The number of hydrogen-bond acceptors (Lipinski definition) is 4. The summed E-state index contributed by atoms with van der Waals surface area (Å²) in [5.41, 5.74) is 9.48. The summed E-state index contributed by atoms with van der Waals surface area (Å²) in [5, 5.41) is 4.32. The number of aromatic nitrogens is 2. The maximum atomic E-state index is 12.1. The van der Waals surface area contributed by atoms with Gasteiger partial charge in [-0.05, 0) is 50.6 Å². The van der Waals surface area contributed by atoms with Crippen molar-refractivity contribution in [3.8, 4) is 0 Å². The van der Waals surface area contributed by atoms with Crippen LogP contribution < -0.4 is 5.73 Å². The van der Waals surface area contributed by atoms with Gasteiger partial charge in [-0.15, -0.1) is 0 Å². The summed E-state index contributed by atoms with van der Waals surface area (Å²) >= 11 is 0. The lowest BCUT2D eigenvalue weighted by Crippen LogP contribution is -2.10. The molecule has 5 heteroatoms. The largest absolute Gasteiger partial charge is 0.456 e. The fourth-order valence-electron chi connectivity index (χ4n) is 2.12. The number of benzene rings is 1. The molecule has 0 aliphatic rings. The lowest BCUT2D eigenvalue weighted by Gasteiger charge is -2.08. The number of esters is 1. The van der Waals surface area contributed by atoms with Crippen LogP contribution in [0.1, 0.15) is 34.2 Å². The number of anilines is 1. The van der Waals surface area contributed by atoms with E-state index in [1.807, 2.05) is 31.5 Å². The SMILES string of the molecule is CCn1nc(C)cc1COC(=O)c1ccc(N)cc1C. The average molecular weight is 273 g/mol. The molecule has 0 bridgehead atoms. The standard InChI is InChI=1S/C15H19N3O2/c1-4-18-13(8-11(3)17-18)9-20-15(19)14-6-5-12(16)7-10(14)2/h5-8H,4,9,16H2,1-3H3. The van der Waals surface area contributed by atoms with Gasteiger partial charge in [-0.25, -0.2) is 4.79 Å². The number of carbonyl (C=O) groups excluding carboxylic acids is 1. The van der Waals surface area contributed by atoms with Crippen molar-refractivity contribution in [2.24, 2.45) is 0 Å². The van der Waals surface area contributed by atoms with Crippen LogP contribution in [0.25, 0.3) is 0 Å². The van der Waals surface area contributed by atoms with Crippen molar-refractivity contribution >= 4 is 11.7 Å². The van der Waals surface area contributed by atoms with Crippen molar-refractivity contribution < 1.29 is 9.53 Å². The summed E-state index contributed by atoms with van der Waals surface area (Å²) in [6.45, 7) is 6.73. The second kappa shape index (κ2) is 5.77. The van der Waals surface area contributed by atoms with Gasteiger partial charge < -0.3 is 10.5 Å². The van der Waals surface area contributed by atoms with E-state index < -0.39 is 0 Å². The molecule has 0 fully saturated rings. The Kier molecular flexibility index (Phi) is 4.08. The van der Waals surface area contributed by atoms with Gasteiger partial charge in [0.15, 0.2) is 0 Å². The number of aryl methyl sites for hydroxylation is 3. The summed E-state index contributed by atoms with van der Waals surface area (Å²) < 4.78 is 7.18. The van der Waals surface area contributed by atoms with Crippen molar-refractivity contribution in [2.75, 3.05) is 5.73 Å². The number of carbonyl (C=O) groups is 1. The van der Waals surface area contributed by atoms with Crippen LogP contribution in [0.15, 0.2) is 24.3 Å². The van der Waals surface area contributed by atoms with Gasteiger partial charge in [-0.2, -0.15) is 5.10 Å². The fraction of sp³-hybridized carbons (Fsp3) is 0.333. The zero-order valence-corrected chi connectivity index (χ0v) is 12.0. The van der Waals surface area contributed by atoms with E-state index in [0.717, 1.165) is 23.5 Å². The number of nitrogen functional groups attached to an aromatic ring is 1. The Morgan fingerprint density at radius 1 is 1.35 bits per heavy atom. The summed E-state index contributed by atoms with van der Waals surface area (Å²) in [6, 6.07) is 7.07. The predicted molar refractivity (Wildman–Crippen MR) is 77.3 cm³/mol. The van der Waals surface area contributed by atoms with Crippen LogP contribution in [0, 0.1) is 13.8 Å². The molecule has 20 heavy (non-hydrogen) atoms. The quantitative estimate of drug-likeness (QED) is 0.686. The van der Waals surface area contributed by atoms with E-state index in [4.69, 9.17) is 10.5 Å². The molecule has 0 unspecified atom stereocenters. The van der Waals surface area contributed by atoms with Crippen molar-refractivity contribution in [1.29, 1.82) is 0 Å². The molecule has 1 heterocycles. The Morgan fingerprint density at radius 2 is 2.10 bits per heavy atom. The topological polar surface area (TPSA) is 70.1 Å². The Bertz CT molecular complexity index is 632. The third kappa shape index (κ3) is 2.99. The van der Waals surface area contributed by atoms with E-state index in [-0.39, 0.29) is 12.6 Å². The highest BCUT2D eigenvalue weighted by molar-refractivity contribution is 5.91. The third-order valence-corrected chi connectivity index (χ3v) is 3.11. The number of ether oxygens (including phenoxy) is 1. The first kappa shape index (κ1) is 14.1. The minimum Gasteiger partial charge on any atom is -0.456 e. The lowest BCUT2D eigenvalue weighted by atomic mass is 10.1. The Labute approximate surface area is 118 Å². The molecule has 1 aromatic heterocycles. The highest BCUT2D eigenvalue weighted by Gasteiger charge is 2.12. The fourth-order valence-corrected chi connectivity index (χ4v) is 2.12. The van der Waals surface area contributed by atoms with E-state index in [1.54, 1.807) is 18.2 Å². The summed E-state index contributed by atoms with van der Waals surface area (Å²) in [6.07, 6.45) is 0. The van der Waals surface area contributed by atoms with Crippen LogP contribution in [-0.4, -0.2) is 15.7 Å². The maximum absolute atomic E-state index is 12.1. The van der Waals surface area contributed by atoms with Crippen molar-refractivity contribution in [3.63, 3.8) is 0 Å². The summed E-state index contributed by atoms with van der Waals surface area (Å²) in [5.74, 6) is -0.344. The molecule has 2 rings (SSSR count). The minimum atomic E-state index is -0.344. The van der Waals surface area contributed by atoms with Crippen LogP contribution in [0.5, 0.6) is 0 Å². The molecule has 2 aromatic rings. The van der Waals surface area contributed by atoms with Gasteiger partial charge in [0.25, 0.3) is 0 Å². The highest BCUT2D eigenvalue weighted by atomic mass is 16.5. The molecular weight excluding hydrogens is 254 g/mol. The molecule has 0 atom stereocenters. The monoisotopic (exact) mass is 273 g/mol. The first-order valence-electron chi connectivity index (χ1n) is 6.58. The van der Waals surface area contributed by atoms with Gasteiger partial charge in [-0.3, -0.25) is 4.68 Å². The number of hydrogen-bond donors (Lipinski definition) is 1. The van der Waals surface area contributed by atoms with Crippen molar-refractivity contribution in [2.45, 2.75) is 33.9 Å². The molecule has 0 aliphatic carbocycles. The maximum Gasteiger partial charge on any atom is 0.338 e. The molecule has 0 amide bonds. The number of nitrogens with two attached hydrogens (primary N) is 1. The van der Waals surface area contributed by atoms with E-state index in [0.29, 0.717) is 11.3 Å². The lowest BCUT2D eigenvalue weighted by molar-refractivity contribution is 0.0461. The van der Waals surface area contributed by atoms with E-state index in [1.165, 1.54) is 0 Å². The predicted octanol–water partition coefficient (Wildman–Crippen LogP) is 2.46. The van der Waals surface area contributed by atoms with Crippen LogP contribution in [-0.2, 0) is 17.9 Å². The molecule has 2 N–H and O–H groups in total. The Balaban J connectivity index is 2.08. The van der Waals surface area contributed by atoms with E-state index in [9.17, 15) is 4.79 Å². The first-order chi connectivity index (χ1) is 9.51. The van der Waals surface area contributed by atoms with E-state index in [2.05, 4.69) is 5.10 Å². The third-order valence-electron chi connectivity index (χ3n) is 3.11. The van der Waals surface area contributed by atoms with Gasteiger partial charge in [0.1, 0.15) is 6.61 Å². The van der Waals surface area contributed by atoms with Crippen molar-refractivity contribution in [1.82, 2.24) is 9.78 Å². The number of rotatable bonds is 4. The normalized spacial score (nSPS) is 10.6. The van der Waals surface area contributed by atoms with Gasteiger partial charge in [0, 0.05) is 12.2 Å². The zero-order valence-electron chi connectivity index (χ0n) is 12.0.